The number of hydrogen-bond acceptors (Lipinski definition) is 2. The quantitative estimate of drug-likeness (QED) is 0.756. The number of likely N-dealkylation sites (tertiary alicyclic amines) is 1. The Bertz CT molecular complexity index is 156. The zero-order valence-corrected chi connectivity index (χ0v) is 8.76. The van der Waals surface area contributed by atoms with Crippen molar-refractivity contribution in [3.05, 3.63) is 0 Å². The molecule has 0 radical (unpaired) electrons. The Morgan fingerprint density at radius 1 is 1.36 bits per heavy atom. The van der Waals surface area contributed by atoms with Crippen molar-refractivity contribution in [3.63, 3.8) is 0 Å². The highest BCUT2D eigenvalue weighted by molar-refractivity contribution is 4.78. The molecule has 0 spiro atoms. The van der Waals surface area contributed by atoms with Gasteiger partial charge in [0.2, 0.25) is 6.43 Å². The van der Waals surface area contributed by atoms with E-state index in [1.807, 2.05) is 7.05 Å². The molecule has 4 heteroatoms. The lowest BCUT2D eigenvalue weighted by atomic mass is 9.82. The lowest BCUT2D eigenvalue weighted by Crippen LogP contribution is -2.36. The zero-order chi connectivity index (χ0) is 10.6. The summed E-state index contributed by atoms with van der Waals surface area (Å²) in [6, 6.07) is 0. The molecular formula is C10H20F2N2. The highest BCUT2D eigenvalue weighted by Gasteiger charge is 2.30. The molecular weight excluding hydrogens is 186 g/mol. The van der Waals surface area contributed by atoms with E-state index < -0.39 is 12.3 Å². The van der Waals surface area contributed by atoms with Crippen LogP contribution in [0.5, 0.6) is 0 Å². The fourth-order valence-electron chi connectivity index (χ4n) is 2.22. The first kappa shape index (κ1) is 11.9. The molecule has 0 saturated carbocycles. The van der Waals surface area contributed by atoms with E-state index in [2.05, 4.69) is 4.90 Å². The molecule has 0 aromatic carbocycles. The number of piperidine rings is 1. The number of rotatable bonds is 4. The van der Waals surface area contributed by atoms with Gasteiger partial charge in [0, 0.05) is 5.92 Å². The summed E-state index contributed by atoms with van der Waals surface area (Å²) < 4.78 is 25.4. The van der Waals surface area contributed by atoms with E-state index in [1.54, 1.807) is 0 Å². The normalized spacial score (nSPS) is 22.9. The van der Waals surface area contributed by atoms with Crippen LogP contribution in [0.15, 0.2) is 0 Å². The molecule has 84 valence electrons. The Morgan fingerprint density at radius 3 is 2.36 bits per heavy atom. The molecule has 1 aliphatic rings. The molecule has 0 aromatic heterocycles. The molecule has 14 heavy (non-hydrogen) atoms. The lowest BCUT2D eigenvalue weighted by molar-refractivity contribution is 0.0196. The zero-order valence-electron chi connectivity index (χ0n) is 8.76. The number of halogens is 2. The summed E-state index contributed by atoms with van der Waals surface area (Å²) in [6.07, 6.45) is 0.0511. The SMILES string of the molecule is CN1CCC(C(CCN)C(F)F)CC1. The molecule has 1 fully saturated rings. The van der Waals surface area contributed by atoms with Gasteiger partial charge in [0.05, 0.1) is 0 Å². The molecule has 1 rings (SSSR count). The summed E-state index contributed by atoms with van der Waals surface area (Å²) in [5, 5.41) is 0. The minimum Gasteiger partial charge on any atom is -0.330 e. The highest BCUT2D eigenvalue weighted by atomic mass is 19.3. The van der Waals surface area contributed by atoms with Crippen LogP contribution in [0.3, 0.4) is 0 Å². The maximum atomic E-state index is 12.7. The van der Waals surface area contributed by atoms with Crippen molar-refractivity contribution in [1.82, 2.24) is 4.90 Å². The van der Waals surface area contributed by atoms with Gasteiger partial charge in [-0.1, -0.05) is 0 Å². The molecule has 0 amide bonds. The van der Waals surface area contributed by atoms with Gasteiger partial charge in [-0.05, 0) is 51.9 Å². The van der Waals surface area contributed by atoms with Crippen LogP contribution in [0.25, 0.3) is 0 Å². The van der Waals surface area contributed by atoms with Gasteiger partial charge in [-0.2, -0.15) is 0 Å². The average Bonchev–Trinajstić information content (AvgIpc) is 2.15. The Hall–Kier alpha value is -0.220. The van der Waals surface area contributed by atoms with Crippen molar-refractivity contribution in [2.24, 2.45) is 17.6 Å². The van der Waals surface area contributed by atoms with Gasteiger partial charge in [-0.3, -0.25) is 0 Å². The minimum absolute atomic E-state index is 0.176. The largest absolute Gasteiger partial charge is 0.330 e. The van der Waals surface area contributed by atoms with Gasteiger partial charge in [0.1, 0.15) is 0 Å². The molecule has 1 aliphatic heterocycles. The molecule has 0 bridgehead atoms. The Morgan fingerprint density at radius 2 is 1.93 bits per heavy atom. The van der Waals surface area contributed by atoms with Gasteiger partial charge in [0.15, 0.2) is 0 Å². The van der Waals surface area contributed by atoms with E-state index >= 15 is 0 Å². The summed E-state index contributed by atoms with van der Waals surface area (Å²) in [4.78, 5) is 2.20. The summed E-state index contributed by atoms with van der Waals surface area (Å²) in [5.74, 6) is -0.302. The fourth-order valence-corrected chi connectivity index (χ4v) is 2.22. The van der Waals surface area contributed by atoms with E-state index in [0.717, 1.165) is 25.9 Å². The van der Waals surface area contributed by atoms with E-state index in [4.69, 9.17) is 5.73 Å². The summed E-state index contributed by atoms with van der Waals surface area (Å²) in [6.45, 7) is 2.26. The van der Waals surface area contributed by atoms with Crippen LogP contribution in [0, 0.1) is 11.8 Å². The van der Waals surface area contributed by atoms with Crippen LogP contribution in [-0.4, -0.2) is 38.0 Å². The monoisotopic (exact) mass is 206 g/mol. The van der Waals surface area contributed by atoms with Gasteiger partial charge in [0.25, 0.3) is 0 Å². The lowest BCUT2D eigenvalue weighted by Gasteiger charge is -2.33. The number of nitrogens with two attached hydrogens (primary N) is 1. The van der Waals surface area contributed by atoms with Gasteiger partial charge in [-0.25, -0.2) is 8.78 Å². The predicted octanol–water partition coefficient (Wildman–Crippen LogP) is 1.56. The molecule has 1 heterocycles. The van der Waals surface area contributed by atoms with Crippen LogP contribution in [0.4, 0.5) is 8.78 Å². The van der Waals surface area contributed by atoms with E-state index in [-0.39, 0.29) is 5.92 Å². The average molecular weight is 206 g/mol. The van der Waals surface area contributed by atoms with Crippen LogP contribution >= 0.6 is 0 Å². The Balaban J connectivity index is 2.43. The molecule has 2 nitrogen and oxygen atoms in total. The van der Waals surface area contributed by atoms with Crippen molar-refractivity contribution in [1.29, 1.82) is 0 Å². The molecule has 0 aliphatic carbocycles. The number of alkyl halides is 2. The molecule has 1 atom stereocenters. The molecule has 2 N–H and O–H groups in total. The Kier molecular flexibility index (Phi) is 4.75. The molecule has 1 unspecified atom stereocenters. The molecule has 1 saturated heterocycles. The van der Waals surface area contributed by atoms with E-state index in [0.29, 0.717) is 13.0 Å². The number of nitrogens with zero attached hydrogens (tertiary/aromatic N) is 1. The van der Waals surface area contributed by atoms with Crippen molar-refractivity contribution >= 4 is 0 Å². The third-order valence-electron chi connectivity index (χ3n) is 3.19. The predicted molar refractivity (Wildman–Crippen MR) is 53.4 cm³/mol. The molecule has 0 aromatic rings. The maximum Gasteiger partial charge on any atom is 0.241 e. The maximum absolute atomic E-state index is 12.7. The van der Waals surface area contributed by atoms with Gasteiger partial charge < -0.3 is 10.6 Å². The topological polar surface area (TPSA) is 29.3 Å². The van der Waals surface area contributed by atoms with Gasteiger partial charge in [-0.15, -0.1) is 0 Å². The van der Waals surface area contributed by atoms with Gasteiger partial charge >= 0.3 is 0 Å². The van der Waals surface area contributed by atoms with Crippen molar-refractivity contribution in [3.8, 4) is 0 Å². The summed E-state index contributed by atoms with van der Waals surface area (Å²) in [5.41, 5.74) is 5.36. The first-order valence-corrected chi connectivity index (χ1v) is 5.32. The van der Waals surface area contributed by atoms with Crippen molar-refractivity contribution in [2.75, 3.05) is 26.7 Å². The van der Waals surface area contributed by atoms with Crippen LogP contribution < -0.4 is 5.73 Å². The van der Waals surface area contributed by atoms with E-state index in [1.165, 1.54) is 0 Å². The summed E-state index contributed by atoms with van der Waals surface area (Å²) >= 11 is 0. The standard InChI is InChI=1S/C10H20F2N2/c1-14-6-3-8(4-7-14)9(2-5-13)10(11)12/h8-10H,2-7,13H2,1H3. The van der Waals surface area contributed by atoms with E-state index in [9.17, 15) is 8.78 Å². The Labute approximate surface area is 84.4 Å². The number of hydrogen-bond donors (Lipinski definition) is 1. The third kappa shape index (κ3) is 3.17. The first-order chi connectivity index (χ1) is 6.65. The van der Waals surface area contributed by atoms with Crippen molar-refractivity contribution in [2.45, 2.75) is 25.7 Å². The second-order valence-electron chi connectivity index (χ2n) is 4.22. The highest BCUT2D eigenvalue weighted by Crippen LogP contribution is 2.30. The summed E-state index contributed by atoms with van der Waals surface area (Å²) in [7, 11) is 2.04. The fraction of sp³-hybridized carbons (Fsp3) is 1.00. The second kappa shape index (κ2) is 5.61. The van der Waals surface area contributed by atoms with Crippen LogP contribution in [0.2, 0.25) is 0 Å². The van der Waals surface area contributed by atoms with Crippen molar-refractivity contribution < 1.29 is 8.78 Å². The van der Waals surface area contributed by atoms with Crippen LogP contribution in [0.1, 0.15) is 19.3 Å². The first-order valence-electron chi connectivity index (χ1n) is 5.32. The minimum atomic E-state index is -2.20. The third-order valence-corrected chi connectivity index (χ3v) is 3.19. The van der Waals surface area contributed by atoms with Crippen LogP contribution in [-0.2, 0) is 0 Å². The smallest absolute Gasteiger partial charge is 0.241 e. The second-order valence-corrected chi connectivity index (χ2v) is 4.22.